The highest BCUT2D eigenvalue weighted by atomic mass is 16.5. The van der Waals surface area contributed by atoms with E-state index in [9.17, 15) is 9.59 Å². The van der Waals surface area contributed by atoms with Gasteiger partial charge in [0, 0.05) is 17.1 Å². The molecule has 0 radical (unpaired) electrons. The normalized spacial score (nSPS) is 12.2. The van der Waals surface area contributed by atoms with Gasteiger partial charge in [0.05, 0.1) is 11.1 Å². The highest BCUT2D eigenvalue weighted by Crippen LogP contribution is 2.23. The monoisotopic (exact) mass is 342 g/mol. The number of hydrogen-bond acceptors (Lipinski definition) is 4. The molecule has 1 atom stereocenters. The summed E-state index contributed by atoms with van der Waals surface area (Å²) >= 11 is 0. The van der Waals surface area contributed by atoms with Crippen LogP contribution in [0.25, 0.3) is 10.9 Å². The first-order chi connectivity index (χ1) is 11.9. The largest absolute Gasteiger partial charge is 0.452 e. The SMILES string of the molecule is CCCC(C)NC(=O)COC(=O)c1cc(C(C)C)nc2ccccc12. The molecule has 0 saturated heterocycles. The van der Waals surface area contributed by atoms with Crippen molar-refractivity contribution >= 4 is 22.8 Å². The van der Waals surface area contributed by atoms with Crippen LogP contribution in [0.5, 0.6) is 0 Å². The predicted molar refractivity (Wildman–Crippen MR) is 98.6 cm³/mol. The average molecular weight is 342 g/mol. The van der Waals surface area contributed by atoms with E-state index in [0.29, 0.717) is 5.56 Å². The van der Waals surface area contributed by atoms with Crippen LogP contribution in [0, 0.1) is 0 Å². The van der Waals surface area contributed by atoms with Crippen LogP contribution < -0.4 is 5.32 Å². The standard InChI is InChI=1S/C20H26N2O3/c1-5-8-14(4)21-19(23)12-25-20(24)16-11-18(13(2)3)22-17-10-7-6-9-15(16)17/h6-7,9-11,13-14H,5,8,12H2,1-4H3,(H,21,23). The van der Waals surface area contributed by atoms with E-state index >= 15 is 0 Å². The molecule has 0 aliphatic heterocycles. The highest BCUT2D eigenvalue weighted by Gasteiger charge is 2.17. The minimum atomic E-state index is -0.501. The highest BCUT2D eigenvalue weighted by molar-refractivity contribution is 6.04. The Labute approximate surface area is 148 Å². The van der Waals surface area contributed by atoms with Crippen molar-refractivity contribution in [3.63, 3.8) is 0 Å². The Morgan fingerprint density at radius 3 is 2.60 bits per heavy atom. The lowest BCUT2D eigenvalue weighted by Crippen LogP contribution is -2.35. The van der Waals surface area contributed by atoms with Gasteiger partial charge >= 0.3 is 5.97 Å². The van der Waals surface area contributed by atoms with Gasteiger partial charge < -0.3 is 10.1 Å². The molecule has 0 bridgehead atoms. The lowest BCUT2D eigenvalue weighted by Gasteiger charge is -2.14. The van der Waals surface area contributed by atoms with Crippen molar-refractivity contribution in [3.8, 4) is 0 Å². The molecule has 0 aliphatic carbocycles. The van der Waals surface area contributed by atoms with E-state index in [1.54, 1.807) is 6.07 Å². The summed E-state index contributed by atoms with van der Waals surface area (Å²) in [5, 5.41) is 3.56. The molecule has 0 saturated carbocycles. The molecule has 2 rings (SSSR count). The van der Waals surface area contributed by atoms with E-state index in [0.717, 1.165) is 29.4 Å². The third-order valence-corrected chi connectivity index (χ3v) is 4.01. The van der Waals surface area contributed by atoms with Crippen LogP contribution in [0.15, 0.2) is 30.3 Å². The summed E-state index contributed by atoms with van der Waals surface area (Å²) in [5.74, 6) is -0.593. The Kier molecular flexibility index (Phi) is 6.51. The molecule has 1 amide bonds. The summed E-state index contributed by atoms with van der Waals surface area (Å²) in [4.78, 5) is 29.0. The van der Waals surface area contributed by atoms with Crippen LogP contribution in [-0.4, -0.2) is 29.5 Å². The summed E-state index contributed by atoms with van der Waals surface area (Å²) in [6, 6.07) is 9.29. The summed E-state index contributed by atoms with van der Waals surface area (Å²) in [6.07, 6.45) is 1.88. The molecule has 2 aromatic rings. The summed E-state index contributed by atoms with van der Waals surface area (Å²) in [7, 11) is 0. The van der Waals surface area contributed by atoms with Crippen molar-refractivity contribution < 1.29 is 14.3 Å². The topological polar surface area (TPSA) is 68.3 Å². The third kappa shape index (κ3) is 5.02. The van der Waals surface area contributed by atoms with Crippen molar-refractivity contribution in [1.82, 2.24) is 10.3 Å². The molecule has 0 fully saturated rings. The first kappa shape index (κ1) is 18.9. The molecule has 0 aliphatic rings. The Morgan fingerprint density at radius 1 is 1.20 bits per heavy atom. The maximum atomic E-state index is 12.5. The predicted octanol–water partition coefficient (Wildman–Crippen LogP) is 3.82. The number of benzene rings is 1. The van der Waals surface area contributed by atoms with Gasteiger partial charge in [-0.05, 0) is 31.4 Å². The maximum absolute atomic E-state index is 12.5. The maximum Gasteiger partial charge on any atom is 0.339 e. The van der Waals surface area contributed by atoms with E-state index in [2.05, 4.69) is 17.2 Å². The zero-order valence-electron chi connectivity index (χ0n) is 15.3. The van der Waals surface area contributed by atoms with Crippen LogP contribution in [0.3, 0.4) is 0 Å². The fourth-order valence-electron chi connectivity index (χ4n) is 2.69. The second kappa shape index (κ2) is 8.60. The number of esters is 1. The van der Waals surface area contributed by atoms with Gasteiger partial charge in [0.2, 0.25) is 0 Å². The molecule has 134 valence electrons. The van der Waals surface area contributed by atoms with Gasteiger partial charge in [0.1, 0.15) is 0 Å². The van der Waals surface area contributed by atoms with Gasteiger partial charge in [0.15, 0.2) is 6.61 Å². The molecule has 5 nitrogen and oxygen atoms in total. The summed E-state index contributed by atoms with van der Waals surface area (Å²) in [6.45, 7) is 7.77. The molecule has 1 N–H and O–H groups in total. The number of carbonyl (C=O) groups excluding carboxylic acids is 2. The molecule has 25 heavy (non-hydrogen) atoms. The molecule has 1 aromatic carbocycles. The first-order valence-electron chi connectivity index (χ1n) is 8.78. The van der Waals surface area contributed by atoms with Crippen molar-refractivity contribution in [2.45, 2.75) is 52.5 Å². The van der Waals surface area contributed by atoms with E-state index in [4.69, 9.17) is 4.74 Å². The molecular weight excluding hydrogens is 316 g/mol. The first-order valence-corrected chi connectivity index (χ1v) is 8.78. The van der Waals surface area contributed by atoms with E-state index in [1.165, 1.54) is 0 Å². The zero-order chi connectivity index (χ0) is 18.4. The van der Waals surface area contributed by atoms with Crippen LogP contribution in [0.1, 0.15) is 62.5 Å². The number of carbonyl (C=O) groups is 2. The molecule has 1 unspecified atom stereocenters. The fraction of sp³-hybridized carbons (Fsp3) is 0.450. The number of aromatic nitrogens is 1. The number of para-hydroxylation sites is 1. The number of nitrogens with zero attached hydrogens (tertiary/aromatic N) is 1. The van der Waals surface area contributed by atoms with Gasteiger partial charge in [-0.15, -0.1) is 0 Å². The minimum Gasteiger partial charge on any atom is -0.452 e. The number of nitrogens with one attached hydrogen (secondary N) is 1. The van der Waals surface area contributed by atoms with Gasteiger partial charge in [-0.3, -0.25) is 9.78 Å². The molecular formula is C20H26N2O3. The van der Waals surface area contributed by atoms with Crippen LogP contribution in [0.2, 0.25) is 0 Å². The number of hydrogen-bond donors (Lipinski definition) is 1. The number of rotatable bonds is 7. The number of pyridine rings is 1. The quantitative estimate of drug-likeness (QED) is 0.777. The van der Waals surface area contributed by atoms with Gasteiger partial charge in [0.25, 0.3) is 5.91 Å². The average Bonchev–Trinajstić information content (AvgIpc) is 2.58. The van der Waals surface area contributed by atoms with Gasteiger partial charge in [-0.25, -0.2) is 4.79 Å². The van der Waals surface area contributed by atoms with Crippen molar-refractivity contribution in [3.05, 3.63) is 41.6 Å². The Bertz CT molecular complexity index is 756. The Morgan fingerprint density at radius 2 is 1.92 bits per heavy atom. The Balaban J connectivity index is 2.14. The molecule has 5 heteroatoms. The molecule has 1 heterocycles. The number of fused-ring (bicyclic) bond motifs is 1. The van der Waals surface area contributed by atoms with Crippen LogP contribution in [0.4, 0.5) is 0 Å². The molecule has 1 aromatic heterocycles. The molecule has 0 spiro atoms. The zero-order valence-corrected chi connectivity index (χ0v) is 15.3. The third-order valence-electron chi connectivity index (χ3n) is 4.01. The van der Waals surface area contributed by atoms with Crippen molar-refractivity contribution in [2.24, 2.45) is 0 Å². The van der Waals surface area contributed by atoms with E-state index < -0.39 is 5.97 Å². The number of ether oxygens (including phenoxy) is 1. The smallest absolute Gasteiger partial charge is 0.339 e. The lowest BCUT2D eigenvalue weighted by atomic mass is 10.0. The van der Waals surface area contributed by atoms with Crippen molar-refractivity contribution in [1.29, 1.82) is 0 Å². The lowest BCUT2D eigenvalue weighted by molar-refractivity contribution is -0.124. The Hall–Kier alpha value is -2.43. The van der Waals surface area contributed by atoms with Crippen LogP contribution in [-0.2, 0) is 9.53 Å². The summed E-state index contributed by atoms with van der Waals surface area (Å²) in [5.41, 5.74) is 2.03. The second-order valence-corrected chi connectivity index (χ2v) is 6.60. The van der Waals surface area contributed by atoms with Gasteiger partial charge in [-0.1, -0.05) is 45.4 Å². The van der Waals surface area contributed by atoms with Crippen molar-refractivity contribution in [2.75, 3.05) is 6.61 Å². The van der Waals surface area contributed by atoms with Gasteiger partial charge in [-0.2, -0.15) is 0 Å². The van der Waals surface area contributed by atoms with Crippen LogP contribution >= 0.6 is 0 Å². The van der Waals surface area contributed by atoms with E-state index in [-0.39, 0.29) is 24.5 Å². The summed E-state index contributed by atoms with van der Waals surface area (Å²) < 4.78 is 5.23. The fourth-order valence-corrected chi connectivity index (χ4v) is 2.69. The number of amides is 1. The second-order valence-electron chi connectivity index (χ2n) is 6.60. The minimum absolute atomic E-state index is 0.0745. The van der Waals surface area contributed by atoms with E-state index in [1.807, 2.05) is 45.0 Å².